The van der Waals surface area contributed by atoms with Crippen LogP contribution in [-0.4, -0.2) is 28.5 Å². The second-order valence-corrected chi connectivity index (χ2v) is 5.45. The summed E-state index contributed by atoms with van der Waals surface area (Å²) >= 11 is 0. The van der Waals surface area contributed by atoms with Crippen molar-refractivity contribution in [1.82, 2.24) is 5.32 Å². The van der Waals surface area contributed by atoms with Crippen molar-refractivity contribution in [3.8, 4) is 11.5 Å². The number of aliphatic hydroxyl groups is 1. The molecule has 4 N–H and O–H groups in total. The number of hydrogen-bond acceptors (Lipinski definition) is 4. The first-order valence-electron chi connectivity index (χ1n) is 6.22. The first kappa shape index (κ1) is 14.8. The lowest BCUT2D eigenvalue weighted by Gasteiger charge is -2.27. The third-order valence-electron chi connectivity index (χ3n) is 3.17. The number of nitrogens with one attached hydrogen (secondary N) is 1. The summed E-state index contributed by atoms with van der Waals surface area (Å²) in [6.07, 6.45) is 0.708. The van der Waals surface area contributed by atoms with Gasteiger partial charge in [0.2, 0.25) is 0 Å². The van der Waals surface area contributed by atoms with E-state index in [-0.39, 0.29) is 29.6 Å². The van der Waals surface area contributed by atoms with Gasteiger partial charge >= 0.3 is 0 Å². The van der Waals surface area contributed by atoms with Gasteiger partial charge in [0, 0.05) is 19.2 Å². The molecule has 1 aromatic rings. The smallest absolute Gasteiger partial charge is 0.124 e. The number of rotatable bonds is 6. The summed E-state index contributed by atoms with van der Waals surface area (Å²) in [4.78, 5) is 0. The minimum atomic E-state index is -0.149. The second kappa shape index (κ2) is 6.07. The molecule has 0 saturated carbocycles. The molecular weight excluding hydrogens is 230 g/mol. The monoisotopic (exact) mass is 253 g/mol. The number of phenolic OH excluding ortho intramolecular Hbond substituents is 2. The van der Waals surface area contributed by atoms with Crippen LogP contribution in [0.2, 0.25) is 0 Å². The average Bonchev–Trinajstić information content (AvgIpc) is 2.26. The molecular formula is C14H23NO3. The van der Waals surface area contributed by atoms with Crippen LogP contribution in [0.3, 0.4) is 0 Å². The van der Waals surface area contributed by atoms with Crippen molar-refractivity contribution in [2.45, 2.75) is 33.2 Å². The molecule has 1 unspecified atom stereocenters. The Balaban J connectivity index is 2.69. The van der Waals surface area contributed by atoms with Gasteiger partial charge in [0.25, 0.3) is 0 Å². The van der Waals surface area contributed by atoms with Crippen LogP contribution in [0.15, 0.2) is 18.2 Å². The van der Waals surface area contributed by atoms with Crippen molar-refractivity contribution in [1.29, 1.82) is 0 Å². The summed E-state index contributed by atoms with van der Waals surface area (Å²) in [5, 5.41) is 31.7. The maximum atomic E-state index is 9.75. The molecule has 0 aliphatic rings. The van der Waals surface area contributed by atoms with Crippen LogP contribution in [-0.2, 0) is 0 Å². The Hall–Kier alpha value is -1.26. The molecule has 0 saturated heterocycles. The Bertz CT molecular complexity index is 370. The molecule has 0 spiro atoms. The fourth-order valence-electron chi connectivity index (χ4n) is 1.91. The van der Waals surface area contributed by atoms with Crippen molar-refractivity contribution in [2.75, 3.05) is 13.2 Å². The van der Waals surface area contributed by atoms with E-state index in [9.17, 15) is 10.2 Å². The Morgan fingerprint density at radius 1 is 1.22 bits per heavy atom. The first-order valence-corrected chi connectivity index (χ1v) is 6.22. The molecule has 0 bridgehead atoms. The lowest BCUT2D eigenvalue weighted by molar-refractivity contribution is 0.203. The Morgan fingerprint density at radius 3 is 2.28 bits per heavy atom. The quantitative estimate of drug-likeness (QED) is 0.627. The van der Waals surface area contributed by atoms with Gasteiger partial charge in [-0.3, -0.25) is 0 Å². The molecule has 1 atom stereocenters. The number of aromatic hydroxyl groups is 2. The van der Waals surface area contributed by atoms with E-state index >= 15 is 0 Å². The number of phenols is 2. The van der Waals surface area contributed by atoms with E-state index in [0.717, 1.165) is 0 Å². The predicted molar refractivity (Wildman–Crippen MR) is 71.7 cm³/mol. The third-order valence-corrected chi connectivity index (χ3v) is 3.17. The molecule has 18 heavy (non-hydrogen) atoms. The molecule has 0 aliphatic carbocycles. The van der Waals surface area contributed by atoms with Crippen molar-refractivity contribution < 1.29 is 15.3 Å². The molecule has 0 radical (unpaired) electrons. The van der Waals surface area contributed by atoms with Crippen LogP contribution in [0.25, 0.3) is 0 Å². The van der Waals surface area contributed by atoms with Crippen LogP contribution in [0.5, 0.6) is 11.5 Å². The van der Waals surface area contributed by atoms with E-state index in [1.165, 1.54) is 0 Å². The molecule has 1 rings (SSSR count). The summed E-state index contributed by atoms with van der Waals surface area (Å²) < 4.78 is 0. The van der Waals surface area contributed by atoms with E-state index < -0.39 is 0 Å². The summed E-state index contributed by atoms with van der Waals surface area (Å²) in [5.74, 6) is 0.185. The molecule has 0 heterocycles. The molecule has 0 aliphatic heterocycles. The van der Waals surface area contributed by atoms with Gasteiger partial charge in [-0.05, 0) is 30.9 Å². The third kappa shape index (κ3) is 3.89. The van der Waals surface area contributed by atoms with Gasteiger partial charge in [0.05, 0.1) is 5.56 Å². The molecule has 1 aromatic carbocycles. The predicted octanol–water partition coefficient (Wildman–Crippen LogP) is 2.16. The zero-order valence-electron chi connectivity index (χ0n) is 11.3. The highest BCUT2D eigenvalue weighted by atomic mass is 16.3. The molecule has 0 amide bonds. The highest BCUT2D eigenvalue weighted by Gasteiger charge is 2.20. The Kier molecular flexibility index (Phi) is 4.99. The van der Waals surface area contributed by atoms with Crippen LogP contribution >= 0.6 is 0 Å². The highest BCUT2D eigenvalue weighted by molar-refractivity contribution is 5.44. The minimum absolute atomic E-state index is 0.0248. The molecule has 0 aromatic heterocycles. The van der Waals surface area contributed by atoms with E-state index in [1.807, 2.05) is 6.92 Å². The van der Waals surface area contributed by atoms with Crippen LogP contribution in [0.1, 0.15) is 38.8 Å². The topological polar surface area (TPSA) is 72.7 Å². The van der Waals surface area contributed by atoms with Crippen LogP contribution in [0.4, 0.5) is 0 Å². The SMILES string of the molecule is CC(NCC(C)(C)CCO)c1c(O)cccc1O. The first-order chi connectivity index (χ1) is 8.37. The lowest BCUT2D eigenvalue weighted by Crippen LogP contribution is -2.32. The standard InChI is InChI=1S/C14H23NO3/c1-10(15-9-14(2,3)7-8-16)13-11(17)5-4-6-12(13)18/h4-6,10,15-18H,7-9H2,1-3H3. The van der Waals surface area contributed by atoms with Gasteiger partial charge < -0.3 is 20.6 Å². The van der Waals surface area contributed by atoms with Gasteiger partial charge in [-0.25, -0.2) is 0 Å². The van der Waals surface area contributed by atoms with E-state index in [1.54, 1.807) is 18.2 Å². The fourth-order valence-corrected chi connectivity index (χ4v) is 1.91. The second-order valence-electron chi connectivity index (χ2n) is 5.45. The largest absolute Gasteiger partial charge is 0.507 e. The van der Waals surface area contributed by atoms with Gasteiger partial charge in [0.1, 0.15) is 11.5 Å². The normalized spacial score (nSPS) is 13.6. The Morgan fingerprint density at radius 2 is 1.78 bits per heavy atom. The molecule has 4 heteroatoms. The molecule has 4 nitrogen and oxygen atoms in total. The van der Waals surface area contributed by atoms with Crippen molar-refractivity contribution >= 4 is 0 Å². The zero-order valence-corrected chi connectivity index (χ0v) is 11.3. The summed E-state index contributed by atoms with van der Waals surface area (Å²) in [6.45, 7) is 6.87. The summed E-state index contributed by atoms with van der Waals surface area (Å²) in [6, 6.07) is 4.58. The summed E-state index contributed by atoms with van der Waals surface area (Å²) in [5.41, 5.74) is 0.487. The van der Waals surface area contributed by atoms with Crippen molar-refractivity contribution in [3.63, 3.8) is 0 Å². The van der Waals surface area contributed by atoms with Gasteiger partial charge in [-0.15, -0.1) is 0 Å². The lowest BCUT2D eigenvalue weighted by atomic mass is 9.89. The summed E-state index contributed by atoms with van der Waals surface area (Å²) in [7, 11) is 0. The minimum Gasteiger partial charge on any atom is -0.507 e. The molecule has 102 valence electrons. The number of aliphatic hydroxyl groups excluding tert-OH is 1. The van der Waals surface area contributed by atoms with Crippen LogP contribution in [0, 0.1) is 5.41 Å². The molecule has 0 fully saturated rings. The Labute approximate surface area is 108 Å². The van der Waals surface area contributed by atoms with Gasteiger partial charge in [0.15, 0.2) is 0 Å². The van der Waals surface area contributed by atoms with E-state index in [4.69, 9.17) is 5.11 Å². The van der Waals surface area contributed by atoms with Crippen molar-refractivity contribution in [3.05, 3.63) is 23.8 Å². The fraction of sp³-hybridized carbons (Fsp3) is 0.571. The highest BCUT2D eigenvalue weighted by Crippen LogP contribution is 2.32. The maximum absolute atomic E-state index is 9.75. The average molecular weight is 253 g/mol. The maximum Gasteiger partial charge on any atom is 0.124 e. The van der Waals surface area contributed by atoms with Gasteiger partial charge in [-0.2, -0.15) is 0 Å². The number of benzene rings is 1. The van der Waals surface area contributed by atoms with E-state index in [2.05, 4.69) is 19.2 Å². The van der Waals surface area contributed by atoms with Crippen molar-refractivity contribution in [2.24, 2.45) is 5.41 Å². The van der Waals surface area contributed by atoms with Gasteiger partial charge in [-0.1, -0.05) is 19.9 Å². The van der Waals surface area contributed by atoms with Crippen LogP contribution < -0.4 is 5.32 Å². The van der Waals surface area contributed by atoms with E-state index in [0.29, 0.717) is 18.5 Å². The number of hydrogen-bond donors (Lipinski definition) is 4. The zero-order chi connectivity index (χ0) is 13.8.